The van der Waals surface area contributed by atoms with Gasteiger partial charge in [0.05, 0.1) is 17.2 Å². The number of carbonyl (C=O) groups is 2. The normalized spacial score (nSPS) is 13.4. The van der Waals surface area contributed by atoms with Gasteiger partial charge in [0.2, 0.25) is 0 Å². The minimum absolute atomic E-state index is 0.0626. The molecule has 1 aromatic rings. The maximum absolute atomic E-state index is 13.5. The molecule has 2 amide bonds. The molecule has 8 heteroatoms. The molecule has 0 heterocycles. The number of hydrogen-bond donors (Lipinski definition) is 2. The summed E-state index contributed by atoms with van der Waals surface area (Å²) < 4.78 is 17.8. The summed E-state index contributed by atoms with van der Waals surface area (Å²) in [7, 11) is 1.16. The first kappa shape index (κ1) is 17.7. The SMILES string of the molecule is COC(=O)NC(=O)[C@@H](C)[NH2+][C@@H](C)c1cc(F)c(Cl)cc1Cl. The Hall–Kier alpha value is -1.37. The van der Waals surface area contributed by atoms with Crippen molar-refractivity contribution in [2.24, 2.45) is 0 Å². The third-order valence-corrected chi connectivity index (χ3v) is 3.55. The zero-order valence-electron chi connectivity index (χ0n) is 11.7. The Morgan fingerprint density at radius 2 is 1.90 bits per heavy atom. The fraction of sp³-hybridized carbons (Fsp3) is 0.385. The molecule has 1 aromatic carbocycles. The summed E-state index contributed by atoms with van der Waals surface area (Å²) in [5.74, 6) is -1.10. The van der Waals surface area contributed by atoms with Gasteiger partial charge in [0.25, 0.3) is 5.91 Å². The van der Waals surface area contributed by atoms with Gasteiger partial charge in [-0.15, -0.1) is 0 Å². The quantitative estimate of drug-likeness (QED) is 0.825. The fourth-order valence-corrected chi connectivity index (χ4v) is 2.33. The lowest BCUT2D eigenvalue weighted by Crippen LogP contribution is -2.92. The maximum Gasteiger partial charge on any atom is 0.413 e. The van der Waals surface area contributed by atoms with Gasteiger partial charge in [-0.1, -0.05) is 23.2 Å². The highest BCUT2D eigenvalue weighted by molar-refractivity contribution is 6.35. The Kier molecular flexibility index (Phi) is 6.39. The zero-order chi connectivity index (χ0) is 16.2. The lowest BCUT2D eigenvalue weighted by Gasteiger charge is -2.17. The van der Waals surface area contributed by atoms with E-state index in [0.29, 0.717) is 10.6 Å². The van der Waals surface area contributed by atoms with Crippen molar-refractivity contribution in [3.63, 3.8) is 0 Å². The molecule has 2 atom stereocenters. The van der Waals surface area contributed by atoms with Gasteiger partial charge in [-0.2, -0.15) is 0 Å². The Balaban J connectivity index is 2.77. The van der Waals surface area contributed by atoms with E-state index in [1.54, 1.807) is 19.2 Å². The minimum Gasteiger partial charge on any atom is -0.453 e. The minimum atomic E-state index is -0.830. The standard InChI is InChI=1S/C13H15Cl2FN2O3/c1-6(8-4-11(16)10(15)5-9(8)14)17-7(2)12(19)18-13(20)21-3/h4-7,17H,1-3H3,(H,18,19,20)/p+1/t6-,7+/m0/s1. The van der Waals surface area contributed by atoms with Crippen LogP contribution in [0.5, 0.6) is 0 Å². The molecule has 0 radical (unpaired) electrons. The number of nitrogens with two attached hydrogens (primary N) is 1. The lowest BCUT2D eigenvalue weighted by atomic mass is 10.1. The van der Waals surface area contributed by atoms with Crippen LogP contribution in [0.2, 0.25) is 10.0 Å². The van der Waals surface area contributed by atoms with Crippen molar-refractivity contribution in [1.82, 2.24) is 5.32 Å². The highest BCUT2D eigenvalue weighted by atomic mass is 35.5. The summed E-state index contributed by atoms with van der Waals surface area (Å²) in [4.78, 5) is 22.7. The second-order valence-electron chi connectivity index (χ2n) is 4.54. The Morgan fingerprint density at radius 3 is 2.48 bits per heavy atom. The van der Waals surface area contributed by atoms with E-state index < -0.39 is 23.9 Å². The molecule has 5 nitrogen and oxygen atoms in total. The first-order chi connectivity index (χ1) is 9.76. The summed E-state index contributed by atoms with van der Waals surface area (Å²) in [5.41, 5.74) is 0.510. The Morgan fingerprint density at radius 1 is 1.29 bits per heavy atom. The van der Waals surface area contributed by atoms with Gasteiger partial charge in [0.15, 0.2) is 6.04 Å². The third-order valence-electron chi connectivity index (χ3n) is 2.93. The van der Waals surface area contributed by atoms with Gasteiger partial charge < -0.3 is 10.1 Å². The second-order valence-corrected chi connectivity index (χ2v) is 5.35. The zero-order valence-corrected chi connectivity index (χ0v) is 13.3. The number of ether oxygens (including phenoxy) is 1. The Labute approximate surface area is 131 Å². The number of benzene rings is 1. The molecule has 0 saturated carbocycles. The molecule has 0 unspecified atom stereocenters. The van der Waals surface area contributed by atoms with Crippen LogP contribution in [-0.2, 0) is 9.53 Å². The summed E-state index contributed by atoms with van der Waals surface area (Å²) in [6.45, 7) is 3.37. The number of halogens is 3. The third kappa shape index (κ3) is 4.84. The largest absolute Gasteiger partial charge is 0.453 e. The molecule has 116 valence electrons. The number of imide groups is 1. The van der Waals surface area contributed by atoms with E-state index in [-0.39, 0.29) is 11.1 Å². The maximum atomic E-state index is 13.5. The van der Waals surface area contributed by atoms with Gasteiger partial charge in [-0.25, -0.2) is 9.18 Å². The smallest absolute Gasteiger partial charge is 0.413 e. The number of amides is 2. The average molecular weight is 338 g/mol. The van der Waals surface area contributed by atoms with E-state index in [4.69, 9.17) is 23.2 Å². The van der Waals surface area contributed by atoms with Crippen molar-refractivity contribution < 1.29 is 24.0 Å². The molecule has 0 fully saturated rings. The van der Waals surface area contributed by atoms with E-state index in [1.165, 1.54) is 12.1 Å². The first-order valence-electron chi connectivity index (χ1n) is 6.14. The number of methoxy groups -OCH3 is 1. The van der Waals surface area contributed by atoms with E-state index in [2.05, 4.69) is 10.1 Å². The summed E-state index contributed by atoms with van der Waals surface area (Å²) in [5, 5.41) is 3.96. The van der Waals surface area contributed by atoms with Crippen LogP contribution in [0.15, 0.2) is 12.1 Å². The van der Waals surface area contributed by atoms with Crippen molar-refractivity contribution in [3.05, 3.63) is 33.6 Å². The van der Waals surface area contributed by atoms with Crippen LogP contribution in [0.1, 0.15) is 25.5 Å². The summed E-state index contributed by atoms with van der Waals surface area (Å²) >= 11 is 11.7. The highest BCUT2D eigenvalue weighted by Gasteiger charge is 2.24. The predicted molar refractivity (Wildman–Crippen MR) is 76.8 cm³/mol. The van der Waals surface area contributed by atoms with Gasteiger partial charge >= 0.3 is 6.09 Å². The molecule has 0 saturated heterocycles. The van der Waals surface area contributed by atoms with Crippen molar-refractivity contribution in [2.45, 2.75) is 25.9 Å². The van der Waals surface area contributed by atoms with Gasteiger partial charge in [-0.3, -0.25) is 10.1 Å². The second kappa shape index (κ2) is 7.59. The summed E-state index contributed by atoms with van der Waals surface area (Å²) in [6, 6.07) is 1.66. The molecule has 0 aliphatic carbocycles. The number of quaternary nitrogens is 1. The van der Waals surface area contributed by atoms with Crippen molar-refractivity contribution in [1.29, 1.82) is 0 Å². The van der Waals surface area contributed by atoms with Crippen molar-refractivity contribution >= 4 is 35.2 Å². The molecular formula is C13H16Cl2FN2O3+. The van der Waals surface area contributed by atoms with Crippen LogP contribution < -0.4 is 10.6 Å². The molecule has 0 bridgehead atoms. The van der Waals surface area contributed by atoms with Crippen LogP contribution in [0.3, 0.4) is 0 Å². The van der Waals surface area contributed by atoms with E-state index in [1.807, 2.05) is 0 Å². The number of nitrogens with one attached hydrogen (secondary N) is 1. The summed E-state index contributed by atoms with van der Waals surface area (Å²) in [6.07, 6.45) is -0.830. The number of alkyl carbamates (subject to hydrolysis) is 1. The number of carbonyl (C=O) groups excluding carboxylic acids is 2. The van der Waals surface area contributed by atoms with E-state index >= 15 is 0 Å². The topological polar surface area (TPSA) is 72.0 Å². The fourth-order valence-electron chi connectivity index (χ4n) is 1.78. The number of rotatable bonds is 4. The van der Waals surface area contributed by atoms with Gasteiger partial charge in [-0.05, 0) is 26.0 Å². The molecule has 21 heavy (non-hydrogen) atoms. The number of hydrogen-bond acceptors (Lipinski definition) is 3. The van der Waals surface area contributed by atoms with Crippen LogP contribution in [0.25, 0.3) is 0 Å². The average Bonchev–Trinajstić information content (AvgIpc) is 2.42. The van der Waals surface area contributed by atoms with Crippen LogP contribution in [0.4, 0.5) is 9.18 Å². The van der Waals surface area contributed by atoms with Gasteiger partial charge in [0, 0.05) is 5.56 Å². The van der Waals surface area contributed by atoms with E-state index in [0.717, 1.165) is 7.11 Å². The molecular weight excluding hydrogens is 322 g/mol. The van der Waals surface area contributed by atoms with Crippen molar-refractivity contribution in [3.8, 4) is 0 Å². The molecule has 3 N–H and O–H groups in total. The van der Waals surface area contributed by atoms with Crippen LogP contribution in [-0.4, -0.2) is 25.2 Å². The van der Waals surface area contributed by atoms with E-state index in [9.17, 15) is 14.0 Å². The predicted octanol–water partition coefficient (Wildman–Crippen LogP) is 2.03. The van der Waals surface area contributed by atoms with Crippen molar-refractivity contribution in [2.75, 3.05) is 7.11 Å². The van der Waals surface area contributed by atoms with Crippen LogP contribution >= 0.6 is 23.2 Å². The highest BCUT2D eigenvalue weighted by Crippen LogP contribution is 2.27. The molecule has 1 rings (SSSR count). The molecule has 0 aliphatic heterocycles. The monoisotopic (exact) mass is 337 g/mol. The molecule has 0 aliphatic rings. The lowest BCUT2D eigenvalue weighted by molar-refractivity contribution is -0.710. The molecule has 0 aromatic heterocycles. The van der Waals surface area contributed by atoms with Crippen LogP contribution in [0, 0.1) is 5.82 Å². The first-order valence-corrected chi connectivity index (χ1v) is 6.90. The molecule has 0 spiro atoms. The Bertz CT molecular complexity index is 554. The van der Waals surface area contributed by atoms with Gasteiger partial charge in [0.1, 0.15) is 11.9 Å².